The minimum atomic E-state index is -0.820. The summed E-state index contributed by atoms with van der Waals surface area (Å²) in [5.41, 5.74) is 3.27. The van der Waals surface area contributed by atoms with E-state index in [1.807, 2.05) is 66.7 Å². The summed E-state index contributed by atoms with van der Waals surface area (Å²) in [6.07, 6.45) is 0. The fraction of sp³-hybridized carbons (Fsp3) is 0.167. The van der Waals surface area contributed by atoms with Crippen molar-refractivity contribution in [1.29, 1.82) is 0 Å². The van der Waals surface area contributed by atoms with E-state index in [9.17, 15) is 4.79 Å². The van der Waals surface area contributed by atoms with E-state index in [1.54, 1.807) is 19.1 Å². The van der Waals surface area contributed by atoms with Crippen molar-refractivity contribution >= 4 is 11.7 Å². The summed E-state index contributed by atoms with van der Waals surface area (Å²) >= 11 is 0. The molecule has 0 spiro atoms. The highest BCUT2D eigenvalue weighted by atomic mass is 16.7. The number of ether oxygens (including phenoxy) is 3. The topological polar surface area (TPSA) is 57.1 Å². The van der Waals surface area contributed by atoms with Crippen LogP contribution in [0.2, 0.25) is 0 Å². The molecule has 29 heavy (non-hydrogen) atoms. The van der Waals surface area contributed by atoms with Gasteiger partial charge in [0.1, 0.15) is 0 Å². The molecule has 1 aliphatic heterocycles. The molecular weight excluding hydrogens is 366 g/mol. The molecule has 1 aliphatic rings. The molecule has 1 unspecified atom stereocenters. The van der Waals surface area contributed by atoms with Crippen LogP contribution in [0.3, 0.4) is 0 Å². The second-order valence-electron chi connectivity index (χ2n) is 6.48. The number of carbonyl (C=O) groups is 1. The van der Waals surface area contributed by atoms with Crippen LogP contribution in [-0.4, -0.2) is 25.1 Å². The van der Waals surface area contributed by atoms with Gasteiger partial charge in [-0.15, -0.1) is 0 Å². The first-order valence-corrected chi connectivity index (χ1v) is 9.51. The van der Waals surface area contributed by atoms with Gasteiger partial charge in [0.05, 0.1) is 12.3 Å². The first kappa shape index (κ1) is 18.7. The van der Waals surface area contributed by atoms with Gasteiger partial charge in [0, 0.05) is 11.1 Å². The van der Waals surface area contributed by atoms with Crippen molar-refractivity contribution in [1.82, 2.24) is 0 Å². The fourth-order valence-electron chi connectivity index (χ4n) is 3.20. The van der Waals surface area contributed by atoms with Gasteiger partial charge in [-0.1, -0.05) is 66.7 Å². The van der Waals surface area contributed by atoms with Gasteiger partial charge in [-0.25, -0.2) is 4.79 Å². The van der Waals surface area contributed by atoms with Crippen molar-refractivity contribution in [2.75, 3.05) is 13.4 Å². The van der Waals surface area contributed by atoms with Crippen LogP contribution in [0, 0.1) is 0 Å². The van der Waals surface area contributed by atoms with E-state index in [2.05, 4.69) is 0 Å². The third kappa shape index (κ3) is 4.14. The van der Waals surface area contributed by atoms with Gasteiger partial charge < -0.3 is 14.2 Å². The maximum Gasteiger partial charge on any atom is 0.335 e. The van der Waals surface area contributed by atoms with Gasteiger partial charge in [0.25, 0.3) is 0 Å². The van der Waals surface area contributed by atoms with Crippen molar-refractivity contribution in [3.8, 4) is 11.5 Å². The van der Waals surface area contributed by atoms with Gasteiger partial charge in [0.2, 0.25) is 6.79 Å². The predicted octanol–water partition coefficient (Wildman–Crippen LogP) is 4.56. The van der Waals surface area contributed by atoms with Crippen LogP contribution in [0.15, 0.2) is 83.9 Å². The highest BCUT2D eigenvalue weighted by Gasteiger charge is 2.25. The second kappa shape index (κ2) is 8.61. The third-order valence-electron chi connectivity index (χ3n) is 4.57. The van der Waals surface area contributed by atoms with Gasteiger partial charge in [0.15, 0.2) is 17.5 Å². The molecule has 0 radical (unpaired) electrons. The fourth-order valence-corrected chi connectivity index (χ4v) is 3.20. The summed E-state index contributed by atoms with van der Waals surface area (Å²) in [4.78, 5) is 17.7. The zero-order valence-electron chi connectivity index (χ0n) is 16.1. The zero-order valence-corrected chi connectivity index (χ0v) is 16.1. The Hall–Kier alpha value is -3.60. The molecule has 0 amide bonds. The Morgan fingerprint density at radius 2 is 1.55 bits per heavy atom. The Morgan fingerprint density at radius 1 is 0.931 bits per heavy atom. The molecular formula is C24H21NO4. The Kier molecular flexibility index (Phi) is 5.56. The maximum atomic E-state index is 12.8. The van der Waals surface area contributed by atoms with E-state index in [0.717, 1.165) is 16.8 Å². The molecule has 0 bridgehead atoms. The number of benzene rings is 3. The molecule has 0 aliphatic carbocycles. The highest BCUT2D eigenvalue weighted by Crippen LogP contribution is 2.35. The maximum absolute atomic E-state index is 12.8. The Bertz CT molecular complexity index is 974. The summed E-state index contributed by atoms with van der Waals surface area (Å²) in [7, 11) is 0. The smallest absolute Gasteiger partial charge is 0.335 e. The molecule has 146 valence electrons. The molecule has 0 saturated heterocycles. The van der Waals surface area contributed by atoms with Crippen molar-refractivity contribution in [3.63, 3.8) is 0 Å². The number of hydrogen-bond donors (Lipinski definition) is 0. The molecule has 5 heteroatoms. The summed E-state index contributed by atoms with van der Waals surface area (Å²) in [5, 5.41) is 0. The predicted molar refractivity (Wildman–Crippen MR) is 110 cm³/mol. The minimum absolute atomic E-state index is 0.172. The molecule has 3 aromatic carbocycles. The van der Waals surface area contributed by atoms with E-state index in [1.165, 1.54) is 0 Å². The third-order valence-corrected chi connectivity index (χ3v) is 4.57. The molecule has 0 fully saturated rings. The Balaban J connectivity index is 1.83. The van der Waals surface area contributed by atoms with Crippen molar-refractivity contribution in [2.45, 2.75) is 13.0 Å². The second-order valence-corrected chi connectivity index (χ2v) is 6.48. The zero-order chi connectivity index (χ0) is 20.1. The lowest BCUT2D eigenvalue weighted by Gasteiger charge is -2.16. The number of nitrogens with zero attached hydrogens (tertiary/aromatic N) is 1. The van der Waals surface area contributed by atoms with E-state index in [4.69, 9.17) is 19.2 Å². The standard InChI is InChI=1S/C24H21NO4/c1-2-27-24(26)23(19-13-14-20-21(15-19)29-16-28-20)25-22(17-9-5-3-6-10-17)18-11-7-4-8-12-18/h3-15,23H,2,16H2,1H3. The molecule has 1 atom stereocenters. The van der Waals surface area contributed by atoms with E-state index >= 15 is 0 Å². The van der Waals surface area contributed by atoms with Crippen molar-refractivity contribution in [2.24, 2.45) is 4.99 Å². The van der Waals surface area contributed by atoms with Crippen molar-refractivity contribution in [3.05, 3.63) is 95.6 Å². The van der Waals surface area contributed by atoms with Crippen LogP contribution in [0.5, 0.6) is 11.5 Å². The van der Waals surface area contributed by atoms with E-state index in [0.29, 0.717) is 17.1 Å². The lowest BCUT2D eigenvalue weighted by molar-refractivity contribution is -0.144. The molecule has 1 heterocycles. The van der Waals surface area contributed by atoms with Crippen LogP contribution in [-0.2, 0) is 9.53 Å². The number of carbonyl (C=O) groups excluding carboxylic acids is 1. The highest BCUT2D eigenvalue weighted by molar-refractivity contribution is 6.13. The van der Waals surface area contributed by atoms with Crippen LogP contribution in [0.4, 0.5) is 0 Å². The minimum Gasteiger partial charge on any atom is -0.464 e. The number of esters is 1. The molecule has 0 aromatic heterocycles. The first-order chi connectivity index (χ1) is 14.3. The van der Waals surface area contributed by atoms with Crippen LogP contribution < -0.4 is 9.47 Å². The molecule has 4 rings (SSSR count). The quantitative estimate of drug-likeness (QED) is 0.460. The average molecular weight is 387 g/mol. The Morgan fingerprint density at radius 3 is 2.17 bits per heavy atom. The van der Waals surface area contributed by atoms with Gasteiger partial charge in [-0.05, 0) is 24.6 Å². The normalized spacial score (nSPS) is 12.9. The van der Waals surface area contributed by atoms with Crippen LogP contribution >= 0.6 is 0 Å². The molecule has 3 aromatic rings. The average Bonchev–Trinajstić information content (AvgIpc) is 3.24. The Labute approximate surface area is 169 Å². The summed E-state index contributed by atoms with van der Waals surface area (Å²) < 4.78 is 16.2. The largest absolute Gasteiger partial charge is 0.464 e. The number of hydrogen-bond acceptors (Lipinski definition) is 5. The monoisotopic (exact) mass is 387 g/mol. The van der Waals surface area contributed by atoms with Gasteiger partial charge in [-0.2, -0.15) is 0 Å². The molecule has 0 saturated carbocycles. The van der Waals surface area contributed by atoms with Crippen molar-refractivity contribution < 1.29 is 19.0 Å². The van der Waals surface area contributed by atoms with E-state index in [-0.39, 0.29) is 13.4 Å². The lowest BCUT2D eigenvalue weighted by atomic mass is 10.0. The van der Waals surface area contributed by atoms with Crippen LogP contribution in [0.25, 0.3) is 0 Å². The van der Waals surface area contributed by atoms with Gasteiger partial charge in [-0.3, -0.25) is 4.99 Å². The van der Waals surface area contributed by atoms with Crippen LogP contribution in [0.1, 0.15) is 29.7 Å². The summed E-state index contributed by atoms with van der Waals surface area (Å²) in [6.45, 7) is 2.24. The summed E-state index contributed by atoms with van der Waals surface area (Å²) in [6, 6.07) is 24.2. The molecule has 0 N–H and O–H groups in total. The van der Waals surface area contributed by atoms with Gasteiger partial charge >= 0.3 is 5.97 Å². The summed E-state index contributed by atoms with van der Waals surface area (Å²) in [5.74, 6) is 0.857. The van der Waals surface area contributed by atoms with E-state index < -0.39 is 12.0 Å². The lowest BCUT2D eigenvalue weighted by Crippen LogP contribution is -2.17. The SMILES string of the molecule is CCOC(=O)C(N=C(c1ccccc1)c1ccccc1)c1ccc2c(c1)OCO2. The number of rotatable bonds is 6. The number of fused-ring (bicyclic) bond motifs is 1. The first-order valence-electron chi connectivity index (χ1n) is 9.51. The number of aliphatic imine (C=N–C) groups is 1. The molecule has 5 nitrogen and oxygen atoms in total.